The van der Waals surface area contributed by atoms with Crippen LogP contribution in [0.15, 0.2) is 41.0 Å². The van der Waals surface area contributed by atoms with Crippen LogP contribution in [-0.2, 0) is 0 Å². The largest absolute Gasteiger partial charge is 0.453 e. The minimum Gasteiger partial charge on any atom is -0.453 e. The summed E-state index contributed by atoms with van der Waals surface area (Å²) in [6.45, 7) is 0. The van der Waals surface area contributed by atoms with Crippen molar-refractivity contribution in [1.29, 1.82) is 5.41 Å². The zero-order valence-corrected chi connectivity index (χ0v) is 10.7. The topological polar surface area (TPSA) is 72.0 Å². The highest BCUT2D eigenvalue weighted by atomic mass is 79.9. The molecule has 0 spiro atoms. The van der Waals surface area contributed by atoms with Crippen molar-refractivity contribution in [2.75, 3.05) is 0 Å². The maximum atomic E-state index is 13.5. The molecule has 1 aromatic carbocycles. The number of hydrogen-bond acceptors (Lipinski definition) is 3. The van der Waals surface area contributed by atoms with E-state index < -0.39 is 5.82 Å². The third-order valence-corrected chi connectivity index (χ3v) is 2.63. The zero-order valence-electron chi connectivity index (χ0n) is 9.15. The number of aromatic nitrogens is 1. The molecule has 0 aliphatic carbocycles. The number of nitrogens with two attached hydrogens (primary N) is 1. The SMILES string of the molecule is N=C(N)c1ccc(Oc2ccc(Br)cc2F)cn1. The monoisotopic (exact) mass is 309 g/mol. The summed E-state index contributed by atoms with van der Waals surface area (Å²) in [6.07, 6.45) is 1.39. The first kappa shape index (κ1) is 12.5. The molecule has 2 rings (SSSR count). The van der Waals surface area contributed by atoms with Crippen LogP contribution in [0, 0.1) is 11.2 Å². The van der Waals surface area contributed by atoms with Crippen LogP contribution in [0.5, 0.6) is 11.5 Å². The Morgan fingerprint density at radius 1 is 1.33 bits per heavy atom. The van der Waals surface area contributed by atoms with Crippen LogP contribution in [0.1, 0.15) is 5.69 Å². The molecule has 0 aliphatic rings. The lowest BCUT2D eigenvalue weighted by Crippen LogP contribution is -2.12. The number of rotatable bonds is 3. The Bertz CT molecular complexity index is 586. The van der Waals surface area contributed by atoms with Crippen LogP contribution in [0.4, 0.5) is 4.39 Å². The summed E-state index contributed by atoms with van der Waals surface area (Å²) in [4.78, 5) is 3.92. The fourth-order valence-corrected chi connectivity index (χ4v) is 1.62. The first-order chi connectivity index (χ1) is 8.56. The number of pyridine rings is 1. The molecule has 4 nitrogen and oxygen atoms in total. The van der Waals surface area contributed by atoms with E-state index in [-0.39, 0.29) is 11.6 Å². The summed E-state index contributed by atoms with van der Waals surface area (Å²) in [5.74, 6) is -0.117. The highest BCUT2D eigenvalue weighted by Crippen LogP contribution is 2.26. The Morgan fingerprint density at radius 2 is 2.11 bits per heavy atom. The molecule has 1 heterocycles. The third-order valence-electron chi connectivity index (χ3n) is 2.13. The summed E-state index contributed by atoms with van der Waals surface area (Å²) >= 11 is 3.16. The summed E-state index contributed by atoms with van der Waals surface area (Å²) in [6, 6.07) is 7.61. The van der Waals surface area contributed by atoms with E-state index in [4.69, 9.17) is 15.9 Å². The highest BCUT2D eigenvalue weighted by molar-refractivity contribution is 9.10. The number of amidine groups is 1. The standard InChI is InChI=1S/C12H9BrFN3O/c13-7-1-4-11(9(14)5-7)18-8-2-3-10(12(15)16)17-6-8/h1-6H,(H3,15,16). The summed E-state index contributed by atoms with van der Waals surface area (Å²) in [5.41, 5.74) is 5.62. The van der Waals surface area contributed by atoms with Gasteiger partial charge in [0.1, 0.15) is 17.3 Å². The zero-order chi connectivity index (χ0) is 13.1. The molecule has 0 atom stereocenters. The number of nitrogen functional groups attached to an aromatic ring is 1. The van der Waals surface area contributed by atoms with Gasteiger partial charge in [-0.3, -0.25) is 5.41 Å². The predicted octanol–water partition coefficient (Wildman–Crippen LogP) is 3.06. The molecule has 3 N–H and O–H groups in total. The van der Waals surface area contributed by atoms with Gasteiger partial charge in [-0.1, -0.05) is 15.9 Å². The predicted molar refractivity (Wildman–Crippen MR) is 69.4 cm³/mol. The second-order valence-corrected chi connectivity index (χ2v) is 4.39. The molecule has 0 fully saturated rings. The molecule has 0 saturated carbocycles. The van der Waals surface area contributed by atoms with E-state index in [0.29, 0.717) is 15.9 Å². The Hall–Kier alpha value is -1.95. The molecule has 1 aromatic heterocycles. The van der Waals surface area contributed by atoms with Gasteiger partial charge in [0.2, 0.25) is 0 Å². The Labute approximate surface area is 111 Å². The van der Waals surface area contributed by atoms with Gasteiger partial charge in [-0.2, -0.15) is 0 Å². The molecule has 0 unspecified atom stereocenters. The second-order valence-electron chi connectivity index (χ2n) is 3.47. The molecule has 0 amide bonds. The number of nitrogens with zero attached hydrogens (tertiary/aromatic N) is 1. The molecule has 0 bridgehead atoms. The summed E-state index contributed by atoms with van der Waals surface area (Å²) in [7, 11) is 0. The maximum Gasteiger partial charge on any atom is 0.166 e. The van der Waals surface area contributed by atoms with Crippen molar-refractivity contribution in [2.45, 2.75) is 0 Å². The van der Waals surface area contributed by atoms with Crippen LogP contribution >= 0.6 is 15.9 Å². The van der Waals surface area contributed by atoms with Crippen molar-refractivity contribution in [1.82, 2.24) is 4.98 Å². The van der Waals surface area contributed by atoms with Crippen LogP contribution in [0.25, 0.3) is 0 Å². The quantitative estimate of drug-likeness (QED) is 0.676. The van der Waals surface area contributed by atoms with Gasteiger partial charge in [-0.05, 0) is 30.3 Å². The van der Waals surface area contributed by atoms with Crippen molar-refractivity contribution < 1.29 is 9.13 Å². The molecule has 92 valence electrons. The van der Waals surface area contributed by atoms with Gasteiger partial charge in [-0.15, -0.1) is 0 Å². The molecular weight excluding hydrogens is 301 g/mol. The van der Waals surface area contributed by atoms with Crippen LogP contribution in [0.3, 0.4) is 0 Å². The van der Waals surface area contributed by atoms with E-state index in [1.807, 2.05) is 0 Å². The third kappa shape index (κ3) is 2.84. The van der Waals surface area contributed by atoms with Gasteiger partial charge in [-0.25, -0.2) is 9.37 Å². The van der Waals surface area contributed by atoms with Crippen molar-refractivity contribution in [2.24, 2.45) is 5.73 Å². The van der Waals surface area contributed by atoms with E-state index in [1.54, 1.807) is 12.1 Å². The lowest BCUT2D eigenvalue weighted by molar-refractivity contribution is 0.440. The number of halogens is 2. The first-order valence-corrected chi connectivity index (χ1v) is 5.79. The normalized spacial score (nSPS) is 10.1. The molecule has 0 radical (unpaired) electrons. The van der Waals surface area contributed by atoms with Crippen molar-refractivity contribution in [3.8, 4) is 11.5 Å². The van der Waals surface area contributed by atoms with E-state index in [2.05, 4.69) is 20.9 Å². The van der Waals surface area contributed by atoms with Gasteiger partial charge in [0.25, 0.3) is 0 Å². The van der Waals surface area contributed by atoms with Crippen LogP contribution in [0.2, 0.25) is 0 Å². The van der Waals surface area contributed by atoms with Crippen molar-refractivity contribution in [3.63, 3.8) is 0 Å². The van der Waals surface area contributed by atoms with Gasteiger partial charge in [0.05, 0.1) is 6.20 Å². The summed E-state index contributed by atoms with van der Waals surface area (Å²) < 4.78 is 19.5. The average molecular weight is 310 g/mol. The van der Waals surface area contributed by atoms with Crippen molar-refractivity contribution in [3.05, 3.63) is 52.5 Å². The first-order valence-electron chi connectivity index (χ1n) is 4.99. The average Bonchev–Trinajstić information content (AvgIpc) is 2.33. The lowest BCUT2D eigenvalue weighted by Gasteiger charge is -2.07. The van der Waals surface area contributed by atoms with E-state index >= 15 is 0 Å². The lowest BCUT2D eigenvalue weighted by atomic mass is 10.3. The smallest absolute Gasteiger partial charge is 0.166 e. The van der Waals surface area contributed by atoms with E-state index in [0.717, 1.165) is 0 Å². The summed E-state index contributed by atoms with van der Waals surface area (Å²) in [5, 5.41) is 7.19. The van der Waals surface area contributed by atoms with Crippen LogP contribution < -0.4 is 10.5 Å². The highest BCUT2D eigenvalue weighted by Gasteiger charge is 2.06. The molecule has 0 aliphatic heterocycles. The minimum atomic E-state index is -0.472. The number of benzene rings is 1. The Kier molecular flexibility index (Phi) is 3.57. The number of hydrogen-bond donors (Lipinski definition) is 2. The molecule has 6 heteroatoms. The number of ether oxygens (including phenoxy) is 1. The molecule has 0 saturated heterocycles. The fourth-order valence-electron chi connectivity index (χ4n) is 1.28. The molecule has 2 aromatic rings. The molecule has 18 heavy (non-hydrogen) atoms. The molecular formula is C12H9BrFN3O. The van der Waals surface area contributed by atoms with E-state index in [9.17, 15) is 4.39 Å². The minimum absolute atomic E-state index is 0.107. The van der Waals surface area contributed by atoms with Gasteiger partial charge < -0.3 is 10.5 Å². The van der Waals surface area contributed by atoms with Crippen molar-refractivity contribution >= 4 is 21.8 Å². The van der Waals surface area contributed by atoms with Crippen LogP contribution in [-0.4, -0.2) is 10.8 Å². The maximum absolute atomic E-state index is 13.5. The number of nitrogens with one attached hydrogen (secondary N) is 1. The Morgan fingerprint density at radius 3 is 2.67 bits per heavy atom. The fraction of sp³-hybridized carbons (Fsp3) is 0. The van der Waals surface area contributed by atoms with Gasteiger partial charge in [0, 0.05) is 4.47 Å². The van der Waals surface area contributed by atoms with E-state index in [1.165, 1.54) is 24.4 Å². The second kappa shape index (κ2) is 5.14. The Balaban J connectivity index is 2.21. The van der Waals surface area contributed by atoms with Gasteiger partial charge >= 0.3 is 0 Å². The van der Waals surface area contributed by atoms with Gasteiger partial charge in [0.15, 0.2) is 11.6 Å².